The summed E-state index contributed by atoms with van der Waals surface area (Å²) in [7, 11) is 1.31. The fourth-order valence-electron chi connectivity index (χ4n) is 3.11. The van der Waals surface area contributed by atoms with Crippen LogP contribution in [-0.2, 0) is 11.2 Å². The summed E-state index contributed by atoms with van der Waals surface area (Å²) in [6.45, 7) is 0. The summed E-state index contributed by atoms with van der Waals surface area (Å²) in [5, 5.41) is 16.4. The third-order valence-electron chi connectivity index (χ3n) is 4.30. The second-order valence-electron chi connectivity index (χ2n) is 5.71. The molecule has 1 aliphatic carbocycles. The van der Waals surface area contributed by atoms with E-state index in [2.05, 4.69) is 15.5 Å². The van der Waals surface area contributed by atoms with Crippen LogP contribution in [0.4, 0.5) is 11.4 Å². The number of anilines is 2. The molecule has 0 saturated heterocycles. The van der Waals surface area contributed by atoms with E-state index in [1.165, 1.54) is 7.11 Å². The van der Waals surface area contributed by atoms with Gasteiger partial charge in [-0.2, -0.15) is 0 Å². The fraction of sp³-hybridized carbons (Fsp3) is 0.167. The first-order valence-corrected chi connectivity index (χ1v) is 7.77. The third kappa shape index (κ3) is 2.50. The third-order valence-corrected chi connectivity index (χ3v) is 4.30. The largest absolute Gasteiger partial charge is 0.463 e. The summed E-state index contributed by atoms with van der Waals surface area (Å²) in [6.07, 6.45) is 4.71. The molecule has 0 saturated carbocycles. The molecule has 2 N–H and O–H groups in total. The Labute approximate surface area is 142 Å². The average Bonchev–Trinajstić information content (AvgIpc) is 3.22. The Morgan fingerprint density at radius 1 is 1.36 bits per heavy atom. The van der Waals surface area contributed by atoms with Crippen molar-refractivity contribution in [2.45, 2.75) is 12.8 Å². The van der Waals surface area contributed by atoms with Crippen molar-refractivity contribution < 1.29 is 19.2 Å². The minimum atomic E-state index is -0.561. The number of hydrogen-bond donors (Lipinski definition) is 2. The SMILES string of the molecule is COC(=O)c1oc2cnccc2c1Nc1ccc2c(c1)CC/C2=N\O. The van der Waals surface area contributed by atoms with E-state index in [1.54, 1.807) is 18.5 Å². The first kappa shape index (κ1) is 15.2. The number of carbonyl (C=O) groups excluding carboxylic acids is 1. The van der Waals surface area contributed by atoms with Gasteiger partial charge in [-0.25, -0.2) is 4.79 Å². The Kier molecular flexibility index (Phi) is 3.61. The number of benzene rings is 1. The molecule has 25 heavy (non-hydrogen) atoms. The van der Waals surface area contributed by atoms with Gasteiger partial charge in [0, 0.05) is 22.8 Å². The highest BCUT2D eigenvalue weighted by atomic mass is 16.5. The lowest BCUT2D eigenvalue weighted by Gasteiger charge is -2.08. The van der Waals surface area contributed by atoms with Crippen LogP contribution in [0, 0.1) is 0 Å². The summed E-state index contributed by atoms with van der Waals surface area (Å²) in [5.74, 6) is -0.460. The lowest BCUT2D eigenvalue weighted by Crippen LogP contribution is -2.03. The number of esters is 1. The molecular formula is C18H15N3O4. The minimum absolute atomic E-state index is 0.101. The zero-order valence-electron chi connectivity index (χ0n) is 13.4. The summed E-state index contributed by atoms with van der Waals surface area (Å²) in [6, 6.07) is 7.53. The lowest BCUT2D eigenvalue weighted by molar-refractivity contribution is 0.0569. The number of methoxy groups -OCH3 is 1. The van der Waals surface area contributed by atoms with Gasteiger partial charge < -0.3 is 19.7 Å². The maximum Gasteiger partial charge on any atom is 0.376 e. The first-order chi connectivity index (χ1) is 12.2. The van der Waals surface area contributed by atoms with Gasteiger partial charge >= 0.3 is 5.97 Å². The molecule has 4 rings (SSSR count). The molecule has 1 aromatic carbocycles. The normalized spacial score (nSPS) is 14.7. The van der Waals surface area contributed by atoms with E-state index in [-0.39, 0.29) is 5.76 Å². The van der Waals surface area contributed by atoms with E-state index >= 15 is 0 Å². The number of rotatable bonds is 3. The van der Waals surface area contributed by atoms with Gasteiger partial charge in [-0.05, 0) is 36.6 Å². The highest BCUT2D eigenvalue weighted by molar-refractivity contribution is 6.06. The average molecular weight is 337 g/mol. The van der Waals surface area contributed by atoms with Gasteiger partial charge in [-0.1, -0.05) is 11.2 Å². The van der Waals surface area contributed by atoms with Gasteiger partial charge in [0.15, 0.2) is 5.58 Å². The van der Waals surface area contributed by atoms with Gasteiger partial charge in [0.1, 0.15) is 5.69 Å². The van der Waals surface area contributed by atoms with Crippen molar-refractivity contribution >= 4 is 34.0 Å². The molecular weight excluding hydrogens is 322 g/mol. The van der Waals surface area contributed by atoms with Gasteiger partial charge in [0.2, 0.25) is 5.76 Å². The number of carbonyl (C=O) groups is 1. The van der Waals surface area contributed by atoms with Crippen LogP contribution in [-0.4, -0.2) is 29.0 Å². The molecule has 0 bridgehead atoms. The number of nitrogens with one attached hydrogen (secondary N) is 1. The number of aromatic nitrogens is 1. The van der Waals surface area contributed by atoms with Crippen molar-refractivity contribution in [1.29, 1.82) is 0 Å². The second-order valence-corrected chi connectivity index (χ2v) is 5.71. The Morgan fingerprint density at radius 3 is 3.04 bits per heavy atom. The van der Waals surface area contributed by atoms with Gasteiger partial charge in [0.05, 0.1) is 19.0 Å². The quantitative estimate of drug-likeness (QED) is 0.431. The molecule has 0 fully saturated rings. The van der Waals surface area contributed by atoms with Crippen LogP contribution < -0.4 is 5.32 Å². The van der Waals surface area contributed by atoms with Crippen molar-refractivity contribution in [2.75, 3.05) is 12.4 Å². The molecule has 0 spiro atoms. The summed E-state index contributed by atoms with van der Waals surface area (Å²) >= 11 is 0. The monoisotopic (exact) mass is 337 g/mol. The molecule has 7 nitrogen and oxygen atoms in total. The molecule has 0 amide bonds. The zero-order valence-corrected chi connectivity index (χ0v) is 13.4. The molecule has 0 atom stereocenters. The molecule has 0 radical (unpaired) electrons. The van der Waals surface area contributed by atoms with Crippen LogP contribution in [0.1, 0.15) is 28.1 Å². The van der Waals surface area contributed by atoms with Crippen LogP contribution >= 0.6 is 0 Å². The standard InChI is InChI=1S/C18H15N3O4/c1-24-18(22)17-16(13-6-7-19-9-15(13)25-17)20-11-3-4-12-10(8-11)2-5-14(12)21-23/h3-4,6-9,20,23H,2,5H2,1H3/b21-14+. The molecule has 126 valence electrons. The van der Waals surface area contributed by atoms with Crippen molar-refractivity contribution in [3.05, 3.63) is 53.5 Å². The first-order valence-electron chi connectivity index (χ1n) is 7.77. The van der Waals surface area contributed by atoms with E-state index in [0.717, 1.165) is 28.6 Å². The number of aryl methyl sites for hydroxylation is 1. The molecule has 0 aliphatic heterocycles. The van der Waals surface area contributed by atoms with Crippen LogP contribution in [0.5, 0.6) is 0 Å². The van der Waals surface area contributed by atoms with Gasteiger partial charge in [0.25, 0.3) is 0 Å². The predicted octanol–water partition coefficient (Wildman–Crippen LogP) is 3.48. The van der Waals surface area contributed by atoms with E-state index in [0.29, 0.717) is 23.4 Å². The summed E-state index contributed by atoms with van der Waals surface area (Å²) < 4.78 is 10.4. The van der Waals surface area contributed by atoms with Crippen LogP contribution in [0.15, 0.2) is 46.2 Å². The van der Waals surface area contributed by atoms with E-state index in [1.807, 2.05) is 18.2 Å². The molecule has 1 aliphatic rings. The van der Waals surface area contributed by atoms with Crippen LogP contribution in [0.2, 0.25) is 0 Å². The fourth-order valence-corrected chi connectivity index (χ4v) is 3.11. The molecule has 7 heteroatoms. The Hall–Kier alpha value is -3.35. The number of nitrogens with zero attached hydrogens (tertiary/aromatic N) is 2. The molecule has 2 aromatic heterocycles. The highest BCUT2D eigenvalue weighted by Crippen LogP contribution is 2.34. The summed E-state index contributed by atoms with van der Waals surface area (Å²) in [5.41, 5.74) is 4.58. The number of ether oxygens (including phenoxy) is 1. The number of furan rings is 1. The minimum Gasteiger partial charge on any atom is -0.463 e. The van der Waals surface area contributed by atoms with Crippen molar-refractivity contribution in [3.63, 3.8) is 0 Å². The molecule has 2 heterocycles. The predicted molar refractivity (Wildman–Crippen MR) is 91.7 cm³/mol. The molecule has 3 aromatic rings. The Bertz CT molecular complexity index is 1010. The van der Waals surface area contributed by atoms with Crippen LogP contribution in [0.25, 0.3) is 11.0 Å². The second kappa shape index (κ2) is 5.94. The number of fused-ring (bicyclic) bond motifs is 2. The topological polar surface area (TPSA) is 97.0 Å². The van der Waals surface area contributed by atoms with Crippen LogP contribution in [0.3, 0.4) is 0 Å². The maximum absolute atomic E-state index is 12.0. The smallest absolute Gasteiger partial charge is 0.376 e. The zero-order chi connectivity index (χ0) is 17.4. The van der Waals surface area contributed by atoms with Crippen molar-refractivity contribution in [2.24, 2.45) is 5.16 Å². The number of oxime groups is 1. The lowest BCUT2D eigenvalue weighted by atomic mass is 10.1. The van der Waals surface area contributed by atoms with E-state index in [4.69, 9.17) is 14.4 Å². The summed E-state index contributed by atoms with van der Waals surface area (Å²) in [4.78, 5) is 16.1. The Balaban J connectivity index is 1.77. The Morgan fingerprint density at radius 2 is 2.24 bits per heavy atom. The van der Waals surface area contributed by atoms with Gasteiger partial charge in [-0.15, -0.1) is 0 Å². The van der Waals surface area contributed by atoms with Crippen molar-refractivity contribution in [1.82, 2.24) is 4.98 Å². The molecule has 0 unspecified atom stereocenters. The highest BCUT2D eigenvalue weighted by Gasteiger charge is 2.23. The number of pyridine rings is 1. The van der Waals surface area contributed by atoms with E-state index in [9.17, 15) is 4.79 Å². The number of hydrogen-bond acceptors (Lipinski definition) is 7. The van der Waals surface area contributed by atoms with Gasteiger partial charge in [-0.3, -0.25) is 4.98 Å². The van der Waals surface area contributed by atoms with E-state index < -0.39 is 5.97 Å². The maximum atomic E-state index is 12.0. The van der Waals surface area contributed by atoms with Crippen molar-refractivity contribution in [3.8, 4) is 0 Å².